The third-order valence-electron chi connectivity index (χ3n) is 7.53. The number of amides is 2. The second-order valence-electron chi connectivity index (χ2n) is 11.1. The Labute approximate surface area is 242 Å². The Bertz CT molecular complexity index is 1360. The van der Waals surface area contributed by atoms with Crippen molar-refractivity contribution >= 4 is 28.9 Å². The van der Waals surface area contributed by atoms with Gasteiger partial charge in [-0.15, -0.1) is 0 Å². The van der Waals surface area contributed by atoms with E-state index in [-0.39, 0.29) is 36.5 Å². The van der Waals surface area contributed by atoms with Gasteiger partial charge in [-0.3, -0.25) is 14.5 Å². The van der Waals surface area contributed by atoms with Crippen molar-refractivity contribution in [2.45, 2.75) is 32.5 Å². The molecule has 0 radical (unpaired) electrons. The number of fused-ring (bicyclic) bond motifs is 1. The number of hydrogen-bond donors (Lipinski definition) is 3. The number of para-hydroxylation sites is 2. The topological polar surface area (TPSA) is 111 Å². The minimum absolute atomic E-state index is 0.0218. The van der Waals surface area contributed by atoms with Crippen LogP contribution in [0.3, 0.4) is 0 Å². The lowest BCUT2D eigenvalue weighted by Gasteiger charge is -2.38. The quantitative estimate of drug-likeness (QED) is 0.341. The molecule has 9 heteroatoms. The van der Waals surface area contributed by atoms with Crippen LogP contribution in [0.4, 0.5) is 17.1 Å². The van der Waals surface area contributed by atoms with Crippen LogP contribution >= 0.6 is 0 Å². The zero-order valence-electron chi connectivity index (χ0n) is 24.5. The average Bonchev–Trinajstić information content (AvgIpc) is 2.95. The summed E-state index contributed by atoms with van der Waals surface area (Å²) in [6, 6.07) is 20.0. The van der Waals surface area contributed by atoms with Crippen LogP contribution in [-0.4, -0.2) is 79.7 Å². The van der Waals surface area contributed by atoms with Crippen LogP contribution < -0.4 is 20.7 Å². The van der Waals surface area contributed by atoms with Gasteiger partial charge in [0.1, 0.15) is 11.9 Å². The SMILES string of the molecule is C[C@@H]1CN([C@@H](C)CO)C(=O)c2cc(N(C)C)ccc2O[C@H]1CN(C)Cc1ccc(C(=O)Nc2ccccc2N)cc1. The highest BCUT2D eigenvalue weighted by atomic mass is 16.5. The van der Waals surface area contributed by atoms with E-state index in [2.05, 4.69) is 17.1 Å². The minimum atomic E-state index is -0.314. The molecular formula is C32H41N5O4. The molecule has 9 nitrogen and oxygen atoms in total. The molecule has 2 amide bonds. The number of rotatable bonds is 9. The molecule has 1 heterocycles. The number of likely N-dealkylation sites (N-methyl/N-ethyl adjacent to an activating group) is 1. The monoisotopic (exact) mass is 559 g/mol. The second-order valence-corrected chi connectivity index (χ2v) is 11.1. The van der Waals surface area contributed by atoms with E-state index >= 15 is 0 Å². The number of carbonyl (C=O) groups is 2. The Morgan fingerprint density at radius 3 is 2.49 bits per heavy atom. The van der Waals surface area contributed by atoms with E-state index in [0.717, 1.165) is 11.3 Å². The maximum atomic E-state index is 13.5. The van der Waals surface area contributed by atoms with E-state index in [1.165, 1.54) is 0 Å². The van der Waals surface area contributed by atoms with Crippen LogP contribution in [0, 0.1) is 5.92 Å². The number of nitrogens with zero attached hydrogens (tertiary/aromatic N) is 3. The van der Waals surface area contributed by atoms with Crippen LogP contribution in [-0.2, 0) is 6.54 Å². The van der Waals surface area contributed by atoms with Crippen molar-refractivity contribution in [2.75, 3.05) is 56.8 Å². The van der Waals surface area contributed by atoms with Crippen molar-refractivity contribution in [3.05, 3.63) is 83.4 Å². The summed E-state index contributed by atoms with van der Waals surface area (Å²) in [4.78, 5) is 32.1. The number of benzene rings is 3. The van der Waals surface area contributed by atoms with Gasteiger partial charge in [0.25, 0.3) is 11.8 Å². The molecule has 0 aromatic heterocycles. The van der Waals surface area contributed by atoms with Crippen molar-refractivity contribution in [3.8, 4) is 5.75 Å². The zero-order valence-corrected chi connectivity index (χ0v) is 24.5. The number of aliphatic hydroxyl groups excluding tert-OH is 1. The smallest absolute Gasteiger partial charge is 0.258 e. The highest BCUT2D eigenvalue weighted by molar-refractivity contribution is 6.05. The summed E-state index contributed by atoms with van der Waals surface area (Å²) in [5.41, 5.74) is 10.1. The molecule has 3 aromatic carbocycles. The van der Waals surface area contributed by atoms with Crippen molar-refractivity contribution in [2.24, 2.45) is 5.92 Å². The highest BCUT2D eigenvalue weighted by Gasteiger charge is 2.33. The molecule has 4 N–H and O–H groups in total. The Hall–Kier alpha value is -4.08. The first-order valence-corrected chi connectivity index (χ1v) is 13.9. The number of carbonyl (C=O) groups excluding carboxylic acids is 2. The summed E-state index contributed by atoms with van der Waals surface area (Å²) < 4.78 is 6.51. The number of nitrogen functional groups attached to an aromatic ring is 1. The van der Waals surface area contributed by atoms with E-state index in [4.69, 9.17) is 10.5 Å². The molecule has 3 aromatic rings. The van der Waals surface area contributed by atoms with Gasteiger partial charge >= 0.3 is 0 Å². The fourth-order valence-corrected chi connectivity index (χ4v) is 4.96. The largest absolute Gasteiger partial charge is 0.488 e. The number of anilines is 3. The molecule has 0 unspecified atom stereocenters. The number of ether oxygens (including phenoxy) is 1. The molecule has 41 heavy (non-hydrogen) atoms. The lowest BCUT2D eigenvalue weighted by atomic mass is 9.99. The van der Waals surface area contributed by atoms with Gasteiger partial charge in [0, 0.05) is 50.9 Å². The highest BCUT2D eigenvalue weighted by Crippen LogP contribution is 2.31. The van der Waals surface area contributed by atoms with Gasteiger partial charge in [-0.25, -0.2) is 0 Å². The molecule has 4 rings (SSSR count). The molecule has 218 valence electrons. The van der Waals surface area contributed by atoms with Crippen LogP contribution in [0.2, 0.25) is 0 Å². The molecule has 0 spiro atoms. The standard InChI is InChI=1S/C32H41N5O4/c1-21-17-37(22(2)20-38)32(40)26-16-25(35(3)4)14-15-29(26)41-30(21)19-36(5)18-23-10-12-24(13-11-23)31(39)34-28-9-7-6-8-27(28)33/h6-16,21-22,30,38H,17-20,33H2,1-5H3,(H,34,39)/t21-,22+,30+/m1/s1. The summed E-state index contributed by atoms with van der Waals surface area (Å²) >= 11 is 0. The predicted octanol–water partition coefficient (Wildman–Crippen LogP) is 3.94. The Morgan fingerprint density at radius 1 is 1.12 bits per heavy atom. The van der Waals surface area contributed by atoms with Gasteiger partial charge in [-0.05, 0) is 62.0 Å². The maximum Gasteiger partial charge on any atom is 0.258 e. The molecule has 0 aliphatic carbocycles. The van der Waals surface area contributed by atoms with Gasteiger partial charge in [-0.2, -0.15) is 0 Å². The van der Waals surface area contributed by atoms with Gasteiger partial charge < -0.3 is 30.7 Å². The molecule has 1 aliphatic rings. The number of nitrogens with one attached hydrogen (secondary N) is 1. The van der Waals surface area contributed by atoms with Crippen molar-refractivity contribution in [3.63, 3.8) is 0 Å². The third-order valence-corrected chi connectivity index (χ3v) is 7.53. The second kappa shape index (κ2) is 13.1. The summed E-state index contributed by atoms with van der Waals surface area (Å²) in [5.74, 6) is 0.221. The Balaban J connectivity index is 1.47. The van der Waals surface area contributed by atoms with Crippen molar-refractivity contribution in [1.82, 2.24) is 9.80 Å². The number of aliphatic hydroxyl groups is 1. The summed E-state index contributed by atoms with van der Waals surface area (Å²) in [7, 11) is 5.90. The van der Waals surface area contributed by atoms with Crippen LogP contribution in [0.1, 0.15) is 40.1 Å². The van der Waals surface area contributed by atoms with Crippen LogP contribution in [0.25, 0.3) is 0 Å². The molecule has 3 atom stereocenters. The molecule has 0 saturated carbocycles. The average molecular weight is 560 g/mol. The first kappa shape index (κ1) is 29.9. The minimum Gasteiger partial charge on any atom is -0.488 e. The van der Waals surface area contributed by atoms with Gasteiger partial charge in [0.2, 0.25) is 0 Å². The van der Waals surface area contributed by atoms with Crippen molar-refractivity contribution in [1.29, 1.82) is 0 Å². The van der Waals surface area contributed by atoms with E-state index in [1.807, 2.05) is 87.6 Å². The van der Waals surface area contributed by atoms with Gasteiger partial charge in [0.05, 0.1) is 29.6 Å². The molecule has 1 aliphatic heterocycles. The first-order valence-electron chi connectivity index (χ1n) is 13.9. The van der Waals surface area contributed by atoms with Crippen molar-refractivity contribution < 1.29 is 19.4 Å². The summed E-state index contributed by atoms with van der Waals surface area (Å²) in [6.07, 6.45) is -0.188. The fourth-order valence-electron chi connectivity index (χ4n) is 4.96. The first-order chi connectivity index (χ1) is 19.6. The van der Waals surface area contributed by atoms with E-state index in [1.54, 1.807) is 17.0 Å². The molecule has 0 saturated heterocycles. The zero-order chi connectivity index (χ0) is 29.7. The lowest BCUT2D eigenvalue weighted by Crippen LogP contribution is -2.49. The van der Waals surface area contributed by atoms with Crippen LogP contribution in [0.15, 0.2) is 66.7 Å². The Kier molecular flexibility index (Phi) is 9.52. The van der Waals surface area contributed by atoms with E-state index < -0.39 is 0 Å². The molecule has 0 fully saturated rings. The predicted molar refractivity (Wildman–Crippen MR) is 164 cm³/mol. The van der Waals surface area contributed by atoms with E-state index in [9.17, 15) is 14.7 Å². The number of hydrogen-bond acceptors (Lipinski definition) is 7. The third kappa shape index (κ3) is 7.17. The molecule has 0 bridgehead atoms. The maximum absolute atomic E-state index is 13.5. The number of nitrogens with two attached hydrogens (primary N) is 1. The lowest BCUT2D eigenvalue weighted by molar-refractivity contribution is 0.0341. The summed E-state index contributed by atoms with van der Waals surface area (Å²) in [5, 5.41) is 12.7. The summed E-state index contributed by atoms with van der Waals surface area (Å²) in [6.45, 7) is 5.58. The fraction of sp³-hybridized carbons (Fsp3) is 0.375. The van der Waals surface area contributed by atoms with E-state index in [0.29, 0.717) is 47.9 Å². The van der Waals surface area contributed by atoms with Gasteiger partial charge in [-0.1, -0.05) is 31.2 Å². The normalized spacial score (nSPS) is 17.7. The van der Waals surface area contributed by atoms with Crippen LogP contribution in [0.5, 0.6) is 5.75 Å². The Morgan fingerprint density at radius 2 is 1.83 bits per heavy atom. The van der Waals surface area contributed by atoms with Gasteiger partial charge in [0.15, 0.2) is 0 Å². The molecular weight excluding hydrogens is 518 g/mol.